The van der Waals surface area contributed by atoms with E-state index in [0.29, 0.717) is 11.7 Å². The third-order valence-electron chi connectivity index (χ3n) is 4.66. The molecule has 0 aliphatic heterocycles. The second-order valence-corrected chi connectivity index (χ2v) is 5.90. The van der Waals surface area contributed by atoms with E-state index in [0.717, 1.165) is 16.7 Å². The molecule has 0 saturated carbocycles. The Bertz CT molecular complexity index is 452. The summed E-state index contributed by atoms with van der Waals surface area (Å²) in [5, 5.41) is 0. The van der Waals surface area contributed by atoms with Crippen molar-refractivity contribution in [3.63, 3.8) is 0 Å². The smallest absolute Gasteiger partial charge is 0.166 e. The van der Waals surface area contributed by atoms with E-state index >= 15 is 0 Å². The average molecular weight is 246 g/mol. The Morgan fingerprint density at radius 3 is 1.39 bits per heavy atom. The zero-order valence-corrected chi connectivity index (χ0v) is 13.1. The lowest BCUT2D eigenvalue weighted by molar-refractivity contribution is 0.0898. The molecule has 0 aromatic heterocycles. The van der Waals surface area contributed by atoms with Gasteiger partial charge in [-0.15, -0.1) is 0 Å². The molecular formula is C17H26O. The number of hydrogen-bond donors (Lipinski definition) is 0. The lowest BCUT2D eigenvalue weighted by Crippen LogP contribution is -2.20. The summed E-state index contributed by atoms with van der Waals surface area (Å²) < 4.78 is 0. The van der Waals surface area contributed by atoms with Gasteiger partial charge in [-0.2, -0.15) is 0 Å². The molecule has 1 heteroatoms. The number of benzene rings is 1. The van der Waals surface area contributed by atoms with Gasteiger partial charge in [0.25, 0.3) is 0 Å². The minimum absolute atomic E-state index is 0.0870. The fraction of sp³-hybridized carbons (Fsp3) is 0.588. The third-order valence-corrected chi connectivity index (χ3v) is 4.66. The molecule has 0 aliphatic rings. The zero-order chi connectivity index (χ0) is 14.2. The van der Waals surface area contributed by atoms with Crippen LogP contribution in [0.5, 0.6) is 0 Å². The van der Waals surface area contributed by atoms with Crippen LogP contribution >= 0.6 is 0 Å². The van der Waals surface area contributed by atoms with Gasteiger partial charge in [-0.1, -0.05) is 20.8 Å². The van der Waals surface area contributed by atoms with Crippen molar-refractivity contribution in [2.75, 3.05) is 0 Å². The van der Waals surface area contributed by atoms with Gasteiger partial charge in [-0.25, -0.2) is 0 Å². The first-order valence-electron chi connectivity index (χ1n) is 6.81. The maximum atomic E-state index is 12.6. The van der Waals surface area contributed by atoms with E-state index in [1.807, 2.05) is 6.92 Å². The number of hydrogen-bond acceptors (Lipinski definition) is 1. The molecule has 1 aromatic carbocycles. The van der Waals surface area contributed by atoms with E-state index in [1.54, 1.807) is 0 Å². The van der Waals surface area contributed by atoms with Crippen LogP contribution in [0.4, 0.5) is 0 Å². The first kappa shape index (κ1) is 14.9. The van der Waals surface area contributed by atoms with Crippen LogP contribution in [0.1, 0.15) is 58.9 Å². The van der Waals surface area contributed by atoms with Gasteiger partial charge in [0.15, 0.2) is 5.78 Å². The van der Waals surface area contributed by atoms with E-state index in [-0.39, 0.29) is 5.92 Å². The van der Waals surface area contributed by atoms with E-state index < -0.39 is 0 Å². The fourth-order valence-electron chi connectivity index (χ4n) is 2.40. The Hall–Kier alpha value is -1.11. The summed E-state index contributed by atoms with van der Waals surface area (Å²) in [6, 6.07) is 0. The van der Waals surface area contributed by atoms with Crippen LogP contribution in [-0.2, 0) is 0 Å². The van der Waals surface area contributed by atoms with Gasteiger partial charge in [0, 0.05) is 11.5 Å². The minimum Gasteiger partial charge on any atom is -0.294 e. The van der Waals surface area contributed by atoms with Crippen molar-refractivity contribution in [3.05, 3.63) is 33.4 Å². The van der Waals surface area contributed by atoms with Crippen LogP contribution in [0.3, 0.4) is 0 Å². The molecule has 1 atom stereocenters. The number of carbonyl (C=O) groups excluding carboxylic acids is 1. The van der Waals surface area contributed by atoms with Crippen molar-refractivity contribution >= 4 is 5.78 Å². The summed E-state index contributed by atoms with van der Waals surface area (Å²) in [5.74, 6) is 0.772. The molecule has 0 heterocycles. The van der Waals surface area contributed by atoms with Gasteiger partial charge in [0.1, 0.15) is 0 Å². The second-order valence-electron chi connectivity index (χ2n) is 5.90. The van der Waals surface area contributed by atoms with Crippen LogP contribution < -0.4 is 0 Å². The first-order valence-corrected chi connectivity index (χ1v) is 6.81. The van der Waals surface area contributed by atoms with E-state index in [9.17, 15) is 4.79 Å². The van der Waals surface area contributed by atoms with Crippen LogP contribution in [0, 0.1) is 46.5 Å². The van der Waals surface area contributed by atoms with Crippen molar-refractivity contribution in [1.29, 1.82) is 0 Å². The van der Waals surface area contributed by atoms with Crippen molar-refractivity contribution in [2.24, 2.45) is 11.8 Å². The molecular weight excluding hydrogens is 220 g/mol. The monoisotopic (exact) mass is 246 g/mol. The molecule has 1 nitrogen and oxygen atoms in total. The van der Waals surface area contributed by atoms with Crippen molar-refractivity contribution in [3.8, 4) is 0 Å². The van der Waals surface area contributed by atoms with Crippen molar-refractivity contribution in [2.45, 2.75) is 55.4 Å². The lowest BCUT2D eigenvalue weighted by Gasteiger charge is -2.21. The summed E-state index contributed by atoms with van der Waals surface area (Å²) in [5.41, 5.74) is 7.12. The quantitative estimate of drug-likeness (QED) is 0.706. The first-order chi connectivity index (χ1) is 8.20. The van der Waals surface area contributed by atoms with Crippen LogP contribution in [-0.4, -0.2) is 5.78 Å². The molecule has 0 fully saturated rings. The SMILES string of the molecule is Cc1c(C)c(C)c(C(=O)[C@@H](C)C(C)C)c(C)c1C. The maximum Gasteiger partial charge on any atom is 0.166 e. The Kier molecular flexibility index (Phi) is 4.37. The molecule has 0 radical (unpaired) electrons. The van der Waals surface area contributed by atoms with Crippen molar-refractivity contribution in [1.82, 2.24) is 0 Å². The van der Waals surface area contributed by atoms with Crippen molar-refractivity contribution < 1.29 is 4.79 Å². The van der Waals surface area contributed by atoms with Crippen LogP contribution in [0.25, 0.3) is 0 Å². The molecule has 0 amide bonds. The normalized spacial score (nSPS) is 12.9. The van der Waals surface area contributed by atoms with E-state index in [2.05, 4.69) is 48.5 Å². The summed E-state index contributed by atoms with van der Waals surface area (Å²) >= 11 is 0. The molecule has 0 N–H and O–H groups in total. The molecule has 0 saturated heterocycles. The standard InChI is InChI=1S/C17H26O/c1-9(2)10(3)17(18)16-14(7)12(5)11(4)13(6)15(16)8/h9-10H,1-8H3/t10-/m0/s1. The van der Waals surface area contributed by atoms with Gasteiger partial charge in [0.05, 0.1) is 0 Å². The Morgan fingerprint density at radius 1 is 0.722 bits per heavy atom. The molecule has 18 heavy (non-hydrogen) atoms. The summed E-state index contributed by atoms with van der Waals surface area (Å²) in [6.45, 7) is 16.8. The predicted octanol–water partition coefficient (Wildman–Crippen LogP) is 4.70. The number of rotatable bonds is 3. The predicted molar refractivity (Wildman–Crippen MR) is 78.5 cm³/mol. The Labute approximate surface area is 112 Å². The second kappa shape index (κ2) is 5.26. The molecule has 0 unspecified atom stereocenters. The van der Waals surface area contributed by atoms with E-state index in [1.165, 1.54) is 16.7 Å². The van der Waals surface area contributed by atoms with Crippen LogP contribution in [0.2, 0.25) is 0 Å². The molecule has 0 spiro atoms. The topological polar surface area (TPSA) is 17.1 Å². The summed E-state index contributed by atoms with van der Waals surface area (Å²) in [7, 11) is 0. The van der Waals surface area contributed by atoms with Gasteiger partial charge >= 0.3 is 0 Å². The Balaban J connectivity index is 3.47. The van der Waals surface area contributed by atoms with Gasteiger partial charge in [0.2, 0.25) is 0 Å². The van der Waals surface area contributed by atoms with Crippen LogP contribution in [0.15, 0.2) is 0 Å². The summed E-state index contributed by atoms with van der Waals surface area (Å²) in [6.07, 6.45) is 0. The lowest BCUT2D eigenvalue weighted by atomic mass is 9.82. The molecule has 0 aliphatic carbocycles. The van der Waals surface area contributed by atoms with E-state index in [4.69, 9.17) is 0 Å². The minimum atomic E-state index is 0.0870. The Morgan fingerprint density at radius 2 is 1.06 bits per heavy atom. The molecule has 1 rings (SSSR count). The van der Waals surface area contributed by atoms with Gasteiger partial charge in [-0.3, -0.25) is 4.79 Å². The zero-order valence-electron chi connectivity index (χ0n) is 13.1. The fourth-order valence-corrected chi connectivity index (χ4v) is 2.40. The third kappa shape index (κ3) is 2.36. The maximum absolute atomic E-state index is 12.6. The highest BCUT2D eigenvalue weighted by Crippen LogP contribution is 2.29. The highest BCUT2D eigenvalue weighted by Gasteiger charge is 2.24. The molecule has 100 valence electrons. The van der Waals surface area contributed by atoms with Gasteiger partial charge in [-0.05, 0) is 68.4 Å². The number of ketones is 1. The largest absolute Gasteiger partial charge is 0.294 e. The number of Topliss-reactive ketones (excluding diaryl/α,β-unsaturated/α-hetero) is 1. The summed E-state index contributed by atoms with van der Waals surface area (Å²) in [4.78, 5) is 12.6. The molecule has 1 aromatic rings. The highest BCUT2D eigenvalue weighted by molar-refractivity contribution is 6.01. The van der Waals surface area contributed by atoms with Gasteiger partial charge < -0.3 is 0 Å². The average Bonchev–Trinajstić information content (AvgIpc) is 2.32. The highest BCUT2D eigenvalue weighted by atomic mass is 16.1. The number of carbonyl (C=O) groups is 1. The molecule has 0 bridgehead atoms.